The first-order valence-corrected chi connectivity index (χ1v) is 5.52. The van der Waals surface area contributed by atoms with E-state index in [1.807, 2.05) is 6.07 Å². The van der Waals surface area contributed by atoms with Crippen LogP contribution in [-0.2, 0) is 0 Å². The number of hydrogen-bond acceptors (Lipinski definition) is 4. The van der Waals surface area contributed by atoms with Crippen LogP contribution in [0.1, 0.15) is 18.9 Å². The number of rotatable bonds is 2. The van der Waals surface area contributed by atoms with Crippen molar-refractivity contribution in [1.29, 1.82) is 0 Å². The minimum absolute atomic E-state index is 0.310. The highest BCUT2D eigenvalue weighted by molar-refractivity contribution is 5.85. The van der Waals surface area contributed by atoms with Gasteiger partial charge in [0.15, 0.2) is 0 Å². The smallest absolute Gasteiger partial charge is 0.243 e. The first kappa shape index (κ1) is 10.9. The zero-order chi connectivity index (χ0) is 12.7. The van der Waals surface area contributed by atoms with Gasteiger partial charge in [-0.1, -0.05) is 17.3 Å². The number of nitrogens with one attached hydrogen (secondary N) is 1. The summed E-state index contributed by atoms with van der Waals surface area (Å²) in [5.74, 6) is 0.414. The SMILES string of the molecule is C[C@H](N)c1nc(-c2cc3cccc(F)c3[nH]2)no1. The van der Waals surface area contributed by atoms with Crippen LogP contribution in [0.2, 0.25) is 0 Å². The fourth-order valence-electron chi connectivity index (χ4n) is 1.77. The van der Waals surface area contributed by atoms with Crippen LogP contribution in [0.25, 0.3) is 22.4 Å². The van der Waals surface area contributed by atoms with Crippen molar-refractivity contribution in [2.75, 3.05) is 0 Å². The van der Waals surface area contributed by atoms with E-state index in [9.17, 15) is 4.39 Å². The lowest BCUT2D eigenvalue weighted by atomic mass is 10.2. The average molecular weight is 246 g/mol. The van der Waals surface area contributed by atoms with E-state index in [2.05, 4.69) is 15.1 Å². The van der Waals surface area contributed by atoms with Gasteiger partial charge < -0.3 is 15.2 Å². The van der Waals surface area contributed by atoms with Crippen molar-refractivity contribution in [1.82, 2.24) is 15.1 Å². The molecular formula is C12H11FN4O. The Bertz CT molecular complexity index is 701. The number of para-hydroxylation sites is 1. The molecule has 0 saturated carbocycles. The van der Waals surface area contributed by atoms with E-state index < -0.39 is 0 Å². The monoisotopic (exact) mass is 246 g/mol. The molecule has 0 unspecified atom stereocenters. The number of nitrogens with two attached hydrogens (primary N) is 1. The van der Waals surface area contributed by atoms with Crippen molar-refractivity contribution in [2.45, 2.75) is 13.0 Å². The molecule has 3 N–H and O–H groups in total. The summed E-state index contributed by atoms with van der Waals surface area (Å²) in [6.07, 6.45) is 0. The number of H-pyrrole nitrogens is 1. The van der Waals surface area contributed by atoms with Crippen LogP contribution in [0.15, 0.2) is 28.8 Å². The summed E-state index contributed by atoms with van der Waals surface area (Å²) in [6.45, 7) is 1.75. The molecule has 5 nitrogen and oxygen atoms in total. The summed E-state index contributed by atoms with van der Waals surface area (Å²) in [7, 11) is 0. The highest BCUT2D eigenvalue weighted by Gasteiger charge is 2.14. The number of halogens is 1. The minimum atomic E-state index is -0.327. The summed E-state index contributed by atoms with van der Waals surface area (Å²) in [5, 5.41) is 4.57. The fourth-order valence-corrected chi connectivity index (χ4v) is 1.77. The Morgan fingerprint density at radius 3 is 2.94 bits per heavy atom. The second-order valence-corrected chi connectivity index (χ2v) is 4.13. The maximum absolute atomic E-state index is 13.5. The van der Waals surface area contributed by atoms with Crippen molar-refractivity contribution in [3.63, 3.8) is 0 Å². The number of fused-ring (bicyclic) bond motifs is 1. The molecule has 0 fully saturated rings. The summed E-state index contributed by atoms with van der Waals surface area (Å²) in [6, 6.07) is 6.30. The molecule has 2 heterocycles. The first-order chi connectivity index (χ1) is 8.65. The third kappa shape index (κ3) is 1.67. The Morgan fingerprint density at radius 1 is 1.44 bits per heavy atom. The van der Waals surface area contributed by atoms with E-state index in [1.54, 1.807) is 19.1 Å². The van der Waals surface area contributed by atoms with E-state index in [-0.39, 0.29) is 11.9 Å². The summed E-state index contributed by atoms with van der Waals surface area (Å²) in [5.41, 5.74) is 6.67. The van der Waals surface area contributed by atoms with E-state index in [0.717, 1.165) is 5.39 Å². The Hall–Kier alpha value is -2.21. The Labute approximate surface area is 102 Å². The maximum Gasteiger partial charge on any atom is 0.243 e. The molecule has 3 rings (SSSR count). The van der Waals surface area contributed by atoms with Crippen molar-refractivity contribution in [3.8, 4) is 11.5 Å². The molecule has 3 aromatic rings. The third-order valence-corrected chi connectivity index (χ3v) is 2.68. The molecule has 0 amide bonds. The average Bonchev–Trinajstić information content (AvgIpc) is 2.95. The van der Waals surface area contributed by atoms with Gasteiger partial charge in [0.05, 0.1) is 17.3 Å². The maximum atomic E-state index is 13.5. The van der Waals surface area contributed by atoms with Crippen LogP contribution in [-0.4, -0.2) is 15.1 Å². The van der Waals surface area contributed by atoms with Gasteiger partial charge in [0, 0.05) is 5.39 Å². The van der Waals surface area contributed by atoms with E-state index in [1.165, 1.54) is 6.07 Å². The van der Waals surface area contributed by atoms with Crippen molar-refractivity contribution >= 4 is 10.9 Å². The van der Waals surface area contributed by atoms with Gasteiger partial charge in [-0.3, -0.25) is 0 Å². The van der Waals surface area contributed by atoms with Gasteiger partial charge in [0.25, 0.3) is 0 Å². The molecule has 92 valence electrons. The Morgan fingerprint density at radius 2 is 2.28 bits per heavy atom. The van der Waals surface area contributed by atoms with Gasteiger partial charge >= 0.3 is 0 Å². The molecule has 0 bridgehead atoms. The number of benzene rings is 1. The third-order valence-electron chi connectivity index (χ3n) is 2.68. The van der Waals surface area contributed by atoms with Gasteiger partial charge in [0.2, 0.25) is 11.7 Å². The van der Waals surface area contributed by atoms with E-state index >= 15 is 0 Å². The number of hydrogen-bond donors (Lipinski definition) is 2. The molecule has 6 heteroatoms. The molecule has 18 heavy (non-hydrogen) atoms. The quantitative estimate of drug-likeness (QED) is 0.727. The molecular weight excluding hydrogens is 235 g/mol. The lowest BCUT2D eigenvalue weighted by Gasteiger charge is -1.92. The Kier molecular flexibility index (Phi) is 2.38. The number of nitrogens with zero attached hydrogens (tertiary/aromatic N) is 2. The molecule has 0 spiro atoms. The summed E-state index contributed by atoms with van der Waals surface area (Å²) >= 11 is 0. The highest BCUT2D eigenvalue weighted by Crippen LogP contribution is 2.24. The molecule has 2 aromatic heterocycles. The second kappa shape index (κ2) is 3.92. The van der Waals surface area contributed by atoms with Gasteiger partial charge in [0.1, 0.15) is 5.82 Å². The molecule has 0 saturated heterocycles. The zero-order valence-corrected chi connectivity index (χ0v) is 9.64. The molecule has 1 aromatic carbocycles. The molecule has 0 aliphatic carbocycles. The predicted molar refractivity (Wildman–Crippen MR) is 64.2 cm³/mol. The topological polar surface area (TPSA) is 80.7 Å². The Balaban J connectivity index is 2.10. The van der Waals surface area contributed by atoms with Crippen molar-refractivity contribution < 1.29 is 8.91 Å². The van der Waals surface area contributed by atoms with E-state index in [0.29, 0.717) is 22.9 Å². The standard InChI is InChI=1S/C12H11FN4O/c1-6(14)12-16-11(17-18-12)9-5-7-3-2-4-8(13)10(7)15-9/h2-6,15H,14H2,1H3/t6-/m0/s1. The molecule has 0 aliphatic heterocycles. The fraction of sp³-hybridized carbons (Fsp3) is 0.167. The van der Waals surface area contributed by atoms with Crippen LogP contribution >= 0.6 is 0 Å². The zero-order valence-electron chi connectivity index (χ0n) is 9.64. The molecule has 1 atom stereocenters. The van der Waals surface area contributed by atoms with E-state index in [4.69, 9.17) is 10.3 Å². The lowest BCUT2D eigenvalue weighted by Crippen LogP contribution is -2.04. The lowest BCUT2D eigenvalue weighted by molar-refractivity contribution is 0.362. The number of aromatic nitrogens is 3. The van der Waals surface area contributed by atoms with Crippen LogP contribution in [0, 0.1) is 5.82 Å². The summed E-state index contributed by atoms with van der Waals surface area (Å²) in [4.78, 5) is 7.08. The highest BCUT2D eigenvalue weighted by atomic mass is 19.1. The van der Waals surface area contributed by atoms with Gasteiger partial charge in [-0.15, -0.1) is 0 Å². The van der Waals surface area contributed by atoms with Crippen molar-refractivity contribution in [2.24, 2.45) is 5.73 Å². The van der Waals surface area contributed by atoms with Crippen LogP contribution in [0.3, 0.4) is 0 Å². The first-order valence-electron chi connectivity index (χ1n) is 5.52. The van der Waals surface area contributed by atoms with Crippen LogP contribution in [0.5, 0.6) is 0 Å². The molecule has 0 aliphatic rings. The van der Waals surface area contributed by atoms with Gasteiger partial charge in [-0.2, -0.15) is 4.98 Å². The normalized spacial score (nSPS) is 13.1. The van der Waals surface area contributed by atoms with Gasteiger partial charge in [-0.25, -0.2) is 4.39 Å². The second-order valence-electron chi connectivity index (χ2n) is 4.13. The van der Waals surface area contributed by atoms with Gasteiger partial charge in [-0.05, 0) is 19.1 Å². The largest absolute Gasteiger partial charge is 0.349 e. The molecule has 0 radical (unpaired) electrons. The summed E-state index contributed by atoms with van der Waals surface area (Å²) < 4.78 is 18.5. The predicted octanol–water partition coefficient (Wildman–Crippen LogP) is 2.38. The van der Waals surface area contributed by atoms with Crippen molar-refractivity contribution in [3.05, 3.63) is 36.0 Å². The number of aromatic amines is 1. The van der Waals surface area contributed by atoms with Crippen LogP contribution in [0.4, 0.5) is 4.39 Å². The minimum Gasteiger partial charge on any atom is -0.349 e. The van der Waals surface area contributed by atoms with Crippen LogP contribution < -0.4 is 5.73 Å².